The van der Waals surface area contributed by atoms with Crippen LogP contribution in [0, 0.1) is 0 Å². The second-order valence-corrected chi connectivity index (χ2v) is 10.1. The first-order chi connectivity index (χ1) is 18.0. The standard InChI is InChI=1S/C26H33N9O2/c1-27-23-14-21(30-25-18(15-29-35(23)25)26(37)31-20-5-6-22(20)36)19-16-34(24-17(19)4-3-7-28-24)13-12-33-10-8-32(2)9-11-33/h3-4,7,14-16,20,22,27,36H,5-6,8-13H2,1-2H3,(H,31,37)/t20-,22+/m1/s1. The molecule has 1 saturated carbocycles. The molecule has 0 unspecified atom stereocenters. The molecule has 11 nitrogen and oxygen atoms in total. The van der Waals surface area contributed by atoms with Gasteiger partial charge in [-0.3, -0.25) is 9.69 Å². The van der Waals surface area contributed by atoms with Crippen LogP contribution >= 0.6 is 0 Å². The van der Waals surface area contributed by atoms with Gasteiger partial charge in [-0.15, -0.1) is 0 Å². The maximum absolute atomic E-state index is 13.0. The van der Waals surface area contributed by atoms with Crippen molar-refractivity contribution in [3.63, 3.8) is 0 Å². The highest BCUT2D eigenvalue weighted by Crippen LogP contribution is 2.31. The second-order valence-electron chi connectivity index (χ2n) is 10.1. The zero-order valence-electron chi connectivity index (χ0n) is 21.3. The predicted octanol–water partition coefficient (Wildman–Crippen LogP) is 1.29. The Hall–Kier alpha value is -3.54. The molecule has 1 amide bonds. The van der Waals surface area contributed by atoms with Crippen LogP contribution < -0.4 is 10.6 Å². The lowest BCUT2D eigenvalue weighted by atomic mass is 9.89. The van der Waals surface area contributed by atoms with Gasteiger partial charge in [0.25, 0.3) is 5.91 Å². The first-order valence-electron chi connectivity index (χ1n) is 12.9. The summed E-state index contributed by atoms with van der Waals surface area (Å²) in [6, 6.07) is 5.73. The Morgan fingerprint density at radius 1 is 1.16 bits per heavy atom. The Morgan fingerprint density at radius 3 is 2.73 bits per heavy atom. The molecule has 0 radical (unpaired) electrons. The summed E-state index contributed by atoms with van der Waals surface area (Å²) in [4.78, 5) is 27.5. The number of carbonyl (C=O) groups is 1. The molecule has 0 aromatic carbocycles. The van der Waals surface area contributed by atoms with Gasteiger partial charge in [0.1, 0.15) is 17.0 Å². The van der Waals surface area contributed by atoms with Crippen LogP contribution in [-0.4, -0.2) is 104 Å². The fourth-order valence-electron chi connectivity index (χ4n) is 5.15. The molecule has 194 valence electrons. The number of aromatic nitrogens is 5. The van der Waals surface area contributed by atoms with Gasteiger partial charge < -0.3 is 25.2 Å². The number of fused-ring (bicyclic) bond motifs is 2. The minimum atomic E-state index is -0.494. The second kappa shape index (κ2) is 9.73. The molecule has 1 saturated heterocycles. The van der Waals surface area contributed by atoms with E-state index in [4.69, 9.17) is 4.98 Å². The molecule has 2 aliphatic rings. The number of hydrogen-bond acceptors (Lipinski definition) is 8. The number of nitrogens with one attached hydrogen (secondary N) is 2. The predicted molar refractivity (Wildman–Crippen MR) is 142 cm³/mol. The van der Waals surface area contributed by atoms with Gasteiger partial charge in [-0.25, -0.2) is 9.97 Å². The number of carbonyl (C=O) groups excluding carboxylic acids is 1. The van der Waals surface area contributed by atoms with Crippen molar-refractivity contribution in [2.24, 2.45) is 0 Å². The van der Waals surface area contributed by atoms with Crippen LogP contribution in [0.2, 0.25) is 0 Å². The third-order valence-electron chi connectivity index (χ3n) is 7.69. The van der Waals surface area contributed by atoms with E-state index in [1.807, 2.05) is 25.4 Å². The van der Waals surface area contributed by atoms with E-state index in [2.05, 4.69) is 54.4 Å². The summed E-state index contributed by atoms with van der Waals surface area (Å²) in [5, 5.41) is 21.4. The van der Waals surface area contributed by atoms with Gasteiger partial charge in [-0.1, -0.05) is 0 Å². The fraction of sp³-hybridized carbons (Fsp3) is 0.462. The van der Waals surface area contributed by atoms with E-state index in [0.29, 0.717) is 17.6 Å². The van der Waals surface area contributed by atoms with Crippen molar-refractivity contribution >= 4 is 28.4 Å². The molecule has 4 aromatic heterocycles. The average Bonchev–Trinajstić information content (AvgIpc) is 3.52. The first kappa shape index (κ1) is 23.8. The molecule has 0 spiro atoms. The minimum absolute atomic E-state index is 0.223. The molecule has 3 N–H and O–H groups in total. The third kappa shape index (κ3) is 4.43. The normalized spacial score (nSPS) is 20.8. The van der Waals surface area contributed by atoms with Gasteiger partial charge in [0.2, 0.25) is 0 Å². The molecule has 0 bridgehead atoms. The highest BCUT2D eigenvalue weighted by atomic mass is 16.3. The van der Waals surface area contributed by atoms with E-state index < -0.39 is 6.10 Å². The number of anilines is 1. The van der Waals surface area contributed by atoms with Crippen LogP contribution in [0.15, 0.2) is 36.8 Å². The summed E-state index contributed by atoms with van der Waals surface area (Å²) in [7, 11) is 3.99. The van der Waals surface area contributed by atoms with Crippen molar-refractivity contribution in [2.45, 2.75) is 31.5 Å². The zero-order chi connectivity index (χ0) is 25.5. The number of nitrogens with zero attached hydrogens (tertiary/aromatic N) is 7. The van der Waals surface area contributed by atoms with Crippen molar-refractivity contribution in [2.75, 3.05) is 52.1 Å². The fourth-order valence-corrected chi connectivity index (χ4v) is 5.15. The van der Waals surface area contributed by atoms with Gasteiger partial charge in [0, 0.05) is 75.7 Å². The Labute approximate surface area is 215 Å². The van der Waals surface area contributed by atoms with E-state index in [1.165, 1.54) is 6.20 Å². The van der Waals surface area contributed by atoms with Gasteiger partial charge >= 0.3 is 0 Å². The zero-order valence-corrected chi connectivity index (χ0v) is 21.3. The maximum Gasteiger partial charge on any atom is 0.257 e. The van der Waals surface area contributed by atoms with E-state index in [9.17, 15) is 9.90 Å². The minimum Gasteiger partial charge on any atom is -0.391 e. The lowest BCUT2D eigenvalue weighted by Crippen LogP contribution is -2.50. The summed E-state index contributed by atoms with van der Waals surface area (Å²) in [5.41, 5.74) is 3.48. The van der Waals surface area contributed by atoms with Crippen LogP contribution in [0.25, 0.3) is 27.9 Å². The molecule has 37 heavy (non-hydrogen) atoms. The Balaban J connectivity index is 1.35. The SMILES string of the molecule is CNc1cc(-c2cn(CCN3CCN(C)CC3)c3ncccc23)nc2c(C(=O)N[C@@H]3CC[C@@H]3O)cnn12. The molecule has 1 aliphatic heterocycles. The summed E-state index contributed by atoms with van der Waals surface area (Å²) in [6.45, 7) is 6.12. The van der Waals surface area contributed by atoms with E-state index in [1.54, 1.807) is 4.52 Å². The third-order valence-corrected chi connectivity index (χ3v) is 7.69. The number of likely N-dealkylation sites (N-methyl/N-ethyl adjacent to an activating group) is 1. The Bertz CT molecular complexity index is 1440. The number of piperazine rings is 1. The highest BCUT2D eigenvalue weighted by Gasteiger charge is 2.31. The number of hydrogen-bond donors (Lipinski definition) is 3. The Morgan fingerprint density at radius 2 is 2.00 bits per heavy atom. The van der Waals surface area contributed by atoms with Crippen LogP contribution in [0.1, 0.15) is 23.2 Å². The van der Waals surface area contributed by atoms with Crippen LogP contribution in [0.4, 0.5) is 5.82 Å². The molecular weight excluding hydrogens is 470 g/mol. The number of amides is 1. The summed E-state index contributed by atoms with van der Waals surface area (Å²) in [5.74, 6) is 0.451. The van der Waals surface area contributed by atoms with Crippen LogP contribution in [0.3, 0.4) is 0 Å². The lowest BCUT2D eigenvalue weighted by molar-refractivity contribution is 0.0448. The molecule has 5 heterocycles. The van der Waals surface area contributed by atoms with Crippen LogP contribution in [0.5, 0.6) is 0 Å². The number of rotatable bonds is 7. The van der Waals surface area contributed by atoms with Crippen molar-refractivity contribution in [3.8, 4) is 11.3 Å². The topological polar surface area (TPSA) is 116 Å². The van der Waals surface area contributed by atoms with Gasteiger partial charge in [0.15, 0.2) is 5.65 Å². The van der Waals surface area contributed by atoms with Gasteiger partial charge in [0.05, 0.1) is 24.0 Å². The van der Waals surface area contributed by atoms with E-state index >= 15 is 0 Å². The maximum atomic E-state index is 13.0. The van der Waals surface area contributed by atoms with E-state index in [0.717, 1.165) is 73.8 Å². The molecule has 2 atom stereocenters. The molecule has 4 aromatic rings. The molecular formula is C26H33N9O2. The molecule has 11 heteroatoms. The average molecular weight is 504 g/mol. The quantitative estimate of drug-likeness (QED) is 0.346. The van der Waals surface area contributed by atoms with Crippen molar-refractivity contribution in [1.29, 1.82) is 0 Å². The Kier molecular flexibility index (Phi) is 6.27. The smallest absolute Gasteiger partial charge is 0.257 e. The van der Waals surface area contributed by atoms with Crippen molar-refractivity contribution in [3.05, 3.63) is 42.4 Å². The molecule has 6 rings (SSSR count). The van der Waals surface area contributed by atoms with Gasteiger partial charge in [-0.05, 0) is 32.0 Å². The summed E-state index contributed by atoms with van der Waals surface area (Å²) < 4.78 is 3.84. The molecule has 2 fully saturated rings. The van der Waals surface area contributed by atoms with E-state index in [-0.39, 0.29) is 11.9 Å². The number of aliphatic hydroxyl groups is 1. The van der Waals surface area contributed by atoms with Crippen LogP contribution in [-0.2, 0) is 6.54 Å². The first-order valence-corrected chi connectivity index (χ1v) is 12.9. The number of aliphatic hydroxyl groups excluding tert-OH is 1. The number of pyridine rings is 1. The monoisotopic (exact) mass is 503 g/mol. The van der Waals surface area contributed by atoms with Crippen molar-refractivity contribution in [1.82, 2.24) is 39.3 Å². The molecule has 1 aliphatic carbocycles. The highest BCUT2D eigenvalue weighted by molar-refractivity contribution is 6.01. The van der Waals surface area contributed by atoms with Gasteiger partial charge in [-0.2, -0.15) is 9.61 Å². The summed E-state index contributed by atoms with van der Waals surface area (Å²) >= 11 is 0. The lowest BCUT2D eigenvalue weighted by Gasteiger charge is -2.32. The van der Waals surface area contributed by atoms with Crippen molar-refractivity contribution < 1.29 is 9.90 Å². The largest absolute Gasteiger partial charge is 0.391 e. The summed E-state index contributed by atoms with van der Waals surface area (Å²) in [6.07, 6.45) is 6.46.